The van der Waals surface area contributed by atoms with Gasteiger partial charge in [0, 0.05) is 37.8 Å². The number of carbonyl (C=O) groups excluding carboxylic acids is 2. The number of ether oxygens (including phenoxy) is 1. The number of hydrogen-bond donors (Lipinski definition) is 2. The summed E-state index contributed by atoms with van der Waals surface area (Å²) in [5, 5.41) is 12.8. The van der Waals surface area contributed by atoms with Crippen LogP contribution in [0.4, 0.5) is 0 Å². The van der Waals surface area contributed by atoms with Crippen molar-refractivity contribution in [1.82, 2.24) is 15.1 Å². The number of fused-ring (bicyclic) bond motifs is 1. The number of aliphatic hydroxyl groups is 1. The lowest BCUT2D eigenvalue weighted by atomic mass is 9.77. The predicted octanol–water partition coefficient (Wildman–Crippen LogP) is 3.24. The van der Waals surface area contributed by atoms with Crippen LogP contribution in [0.15, 0.2) is 48.5 Å². The van der Waals surface area contributed by atoms with E-state index >= 15 is 0 Å². The molecule has 1 saturated heterocycles. The molecule has 5 rings (SSSR count). The Morgan fingerprint density at radius 2 is 1.72 bits per heavy atom. The van der Waals surface area contributed by atoms with Crippen LogP contribution in [0.25, 0.3) is 0 Å². The number of rotatable bonds is 7. The van der Waals surface area contributed by atoms with Gasteiger partial charge in [-0.25, -0.2) is 0 Å². The van der Waals surface area contributed by atoms with Crippen LogP contribution < -0.4 is 5.32 Å². The van der Waals surface area contributed by atoms with Gasteiger partial charge in [0.1, 0.15) is 0 Å². The summed E-state index contributed by atoms with van der Waals surface area (Å²) in [6, 6.07) is 15.1. The number of nitrogens with one attached hydrogen (secondary N) is 1. The van der Waals surface area contributed by atoms with E-state index in [0.29, 0.717) is 12.1 Å². The summed E-state index contributed by atoms with van der Waals surface area (Å²) in [6.45, 7) is 4.53. The third-order valence-corrected chi connectivity index (χ3v) is 7.96. The molecule has 7 heteroatoms. The lowest BCUT2D eigenvalue weighted by Crippen LogP contribution is -2.52. The number of carbonyl (C=O) groups is 2. The van der Waals surface area contributed by atoms with Gasteiger partial charge in [0.05, 0.1) is 31.8 Å². The lowest BCUT2D eigenvalue weighted by Gasteiger charge is -2.46. The van der Waals surface area contributed by atoms with Crippen molar-refractivity contribution in [2.75, 3.05) is 39.4 Å². The highest BCUT2D eigenvalue weighted by atomic mass is 16.5. The van der Waals surface area contributed by atoms with E-state index in [9.17, 15) is 14.7 Å². The normalized spacial score (nSPS) is 23.4. The van der Waals surface area contributed by atoms with Crippen LogP contribution in [0.5, 0.6) is 0 Å². The van der Waals surface area contributed by atoms with Crippen molar-refractivity contribution in [3.63, 3.8) is 0 Å². The van der Waals surface area contributed by atoms with Gasteiger partial charge >= 0.3 is 0 Å². The Hall–Kier alpha value is -2.74. The molecule has 2 aromatic rings. The van der Waals surface area contributed by atoms with Gasteiger partial charge in [-0.1, -0.05) is 61.7 Å². The number of hydrogen-bond acceptors (Lipinski definition) is 5. The van der Waals surface area contributed by atoms with E-state index in [-0.39, 0.29) is 30.5 Å². The summed E-state index contributed by atoms with van der Waals surface area (Å²) in [4.78, 5) is 32.2. The molecule has 36 heavy (non-hydrogen) atoms. The van der Waals surface area contributed by atoms with Gasteiger partial charge in [0.25, 0.3) is 5.91 Å². The summed E-state index contributed by atoms with van der Waals surface area (Å²) in [5.74, 6) is -0.517. The third-order valence-electron chi connectivity index (χ3n) is 7.96. The summed E-state index contributed by atoms with van der Waals surface area (Å²) in [7, 11) is 0. The molecular weight excluding hydrogens is 454 g/mol. The minimum absolute atomic E-state index is 0.0195. The summed E-state index contributed by atoms with van der Waals surface area (Å²) >= 11 is 0. The summed E-state index contributed by atoms with van der Waals surface area (Å²) in [6.07, 6.45) is 5.32. The minimum Gasteiger partial charge on any atom is -0.392 e. The van der Waals surface area contributed by atoms with Crippen molar-refractivity contribution in [3.8, 4) is 0 Å². The zero-order valence-corrected chi connectivity index (χ0v) is 20.9. The van der Waals surface area contributed by atoms with Crippen LogP contribution in [0.3, 0.4) is 0 Å². The molecule has 192 valence electrons. The SMILES string of the molecule is O=C(NCCN1CCOCC1)[C@@H]1c2ccccc2C(=O)N(C2CCCCC2)[C@H]1c1ccc(CO)cc1. The second-order valence-corrected chi connectivity index (χ2v) is 10.2. The van der Waals surface area contributed by atoms with E-state index < -0.39 is 5.92 Å². The Labute approximate surface area is 213 Å². The Balaban J connectivity index is 1.49. The zero-order chi connectivity index (χ0) is 24.9. The molecule has 3 aliphatic rings. The topological polar surface area (TPSA) is 82.1 Å². The van der Waals surface area contributed by atoms with Crippen LogP contribution in [0.2, 0.25) is 0 Å². The Morgan fingerprint density at radius 1 is 1.00 bits per heavy atom. The first kappa shape index (κ1) is 24.9. The number of amides is 2. The number of benzene rings is 2. The van der Waals surface area contributed by atoms with Crippen LogP contribution in [0.1, 0.15) is 71.1 Å². The largest absolute Gasteiger partial charge is 0.392 e. The highest BCUT2D eigenvalue weighted by Gasteiger charge is 2.46. The molecule has 2 N–H and O–H groups in total. The molecule has 0 aromatic heterocycles. The van der Waals surface area contributed by atoms with E-state index in [4.69, 9.17) is 4.74 Å². The Morgan fingerprint density at radius 3 is 2.44 bits per heavy atom. The number of morpholine rings is 1. The minimum atomic E-state index is -0.495. The number of nitrogens with zero attached hydrogens (tertiary/aromatic N) is 2. The van der Waals surface area contributed by atoms with Crippen LogP contribution in [-0.4, -0.2) is 72.2 Å². The second-order valence-electron chi connectivity index (χ2n) is 10.2. The van der Waals surface area contributed by atoms with Gasteiger partial charge in [-0.05, 0) is 35.6 Å². The van der Waals surface area contributed by atoms with E-state index in [2.05, 4.69) is 10.2 Å². The van der Waals surface area contributed by atoms with Crippen molar-refractivity contribution in [2.45, 2.75) is 56.7 Å². The van der Waals surface area contributed by atoms with Gasteiger partial charge in [0.15, 0.2) is 0 Å². The van der Waals surface area contributed by atoms with E-state index in [1.165, 1.54) is 6.42 Å². The molecule has 1 saturated carbocycles. The molecule has 2 atom stereocenters. The smallest absolute Gasteiger partial charge is 0.254 e. The maximum absolute atomic E-state index is 13.9. The number of aliphatic hydroxyl groups excluding tert-OH is 1. The Bertz CT molecular complexity index is 1040. The highest BCUT2D eigenvalue weighted by molar-refractivity contribution is 6.01. The highest BCUT2D eigenvalue weighted by Crippen LogP contribution is 2.45. The van der Waals surface area contributed by atoms with Crippen LogP contribution >= 0.6 is 0 Å². The Kier molecular flexibility index (Phi) is 7.99. The van der Waals surface area contributed by atoms with Crippen molar-refractivity contribution >= 4 is 11.8 Å². The first-order valence-electron chi connectivity index (χ1n) is 13.4. The molecule has 2 amide bonds. The molecule has 0 spiro atoms. The van der Waals surface area contributed by atoms with Gasteiger partial charge in [0.2, 0.25) is 5.91 Å². The average molecular weight is 492 g/mol. The molecule has 0 unspecified atom stereocenters. The molecule has 7 nitrogen and oxygen atoms in total. The molecular formula is C29H37N3O4. The van der Waals surface area contributed by atoms with Crippen molar-refractivity contribution in [2.24, 2.45) is 0 Å². The quantitative estimate of drug-likeness (QED) is 0.622. The predicted molar refractivity (Wildman–Crippen MR) is 138 cm³/mol. The van der Waals surface area contributed by atoms with Gasteiger partial charge in [-0.2, -0.15) is 0 Å². The molecule has 1 aliphatic carbocycles. The maximum atomic E-state index is 13.9. The fourth-order valence-electron chi connectivity index (χ4n) is 6.04. The molecule has 2 aliphatic heterocycles. The fraction of sp³-hybridized carbons (Fsp3) is 0.517. The third kappa shape index (κ3) is 5.19. The lowest BCUT2D eigenvalue weighted by molar-refractivity contribution is -0.124. The van der Waals surface area contributed by atoms with Gasteiger partial charge in [-0.3, -0.25) is 14.5 Å². The molecule has 2 heterocycles. The molecule has 0 radical (unpaired) electrons. The van der Waals surface area contributed by atoms with Crippen molar-refractivity contribution in [1.29, 1.82) is 0 Å². The van der Waals surface area contributed by atoms with Gasteiger partial charge < -0.3 is 20.1 Å². The maximum Gasteiger partial charge on any atom is 0.254 e. The van der Waals surface area contributed by atoms with Crippen LogP contribution in [0, 0.1) is 0 Å². The standard InChI is InChI=1S/C29H37N3O4/c33-20-21-10-12-22(13-11-21)27-26(28(34)30-14-15-31-16-18-36-19-17-31)24-8-4-5-9-25(24)29(35)32(27)23-6-2-1-3-7-23/h4-5,8-13,23,26-27,33H,1-3,6-7,14-20H2,(H,30,34)/t26-,27+/m1/s1. The second kappa shape index (κ2) is 11.5. The molecule has 0 bridgehead atoms. The monoisotopic (exact) mass is 491 g/mol. The van der Waals surface area contributed by atoms with Crippen molar-refractivity contribution in [3.05, 3.63) is 70.8 Å². The zero-order valence-electron chi connectivity index (χ0n) is 20.9. The van der Waals surface area contributed by atoms with Gasteiger partial charge in [-0.15, -0.1) is 0 Å². The van der Waals surface area contributed by atoms with Crippen molar-refractivity contribution < 1.29 is 19.4 Å². The van der Waals surface area contributed by atoms with E-state index in [0.717, 1.165) is 75.2 Å². The first-order valence-corrected chi connectivity index (χ1v) is 13.4. The van der Waals surface area contributed by atoms with Crippen LogP contribution in [-0.2, 0) is 16.1 Å². The first-order chi connectivity index (χ1) is 17.7. The average Bonchev–Trinajstić information content (AvgIpc) is 2.94. The van der Waals surface area contributed by atoms with E-state index in [1.807, 2.05) is 53.4 Å². The summed E-state index contributed by atoms with van der Waals surface area (Å²) < 4.78 is 5.44. The fourth-order valence-corrected chi connectivity index (χ4v) is 6.04. The van der Waals surface area contributed by atoms with E-state index in [1.54, 1.807) is 0 Å². The summed E-state index contributed by atoms with van der Waals surface area (Å²) in [5.41, 5.74) is 3.19. The molecule has 2 fully saturated rings. The molecule has 2 aromatic carbocycles.